The Morgan fingerprint density at radius 1 is 1.22 bits per heavy atom. The molecule has 18 heavy (non-hydrogen) atoms. The molecule has 0 aliphatic carbocycles. The van der Waals surface area contributed by atoms with E-state index in [4.69, 9.17) is 0 Å². The Bertz CT molecular complexity index is 439. The first-order valence-corrected chi connectivity index (χ1v) is 6.45. The molecule has 2 atom stereocenters. The minimum absolute atomic E-state index is 0.0925. The quantitative estimate of drug-likeness (QED) is 0.829. The van der Waals surface area contributed by atoms with Crippen molar-refractivity contribution < 1.29 is 9.59 Å². The van der Waals surface area contributed by atoms with Crippen molar-refractivity contribution in [2.24, 2.45) is 17.8 Å². The van der Waals surface area contributed by atoms with Gasteiger partial charge in [0.2, 0.25) is 11.8 Å². The zero-order valence-electron chi connectivity index (χ0n) is 10.8. The number of carbonyl (C=O) groups excluding carboxylic acids is 2. The first-order chi connectivity index (χ1) is 8.58. The predicted octanol–water partition coefficient (Wildman–Crippen LogP) is 2.16. The second-order valence-electron chi connectivity index (χ2n) is 5.32. The van der Waals surface area contributed by atoms with E-state index in [2.05, 4.69) is 19.2 Å². The summed E-state index contributed by atoms with van der Waals surface area (Å²) in [5.74, 6) is 0.141. The van der Waals surface area contributed by atoms with E-state index in [1.165, 1.54) is 0 Å². The van der Waals surface area contributed by atoms with E-state index in [9.17, 15) is 9.59 Å². The minimum Gasteiger partial charge on any atom is -0.296 e. The predicted molar refractivity (Wildman–Crippen MR) is 69.7 cm³/mol. The molecule has 1 fully saturated rings. The van der Waals surface area contributed by atoms with Gasteiger partial charge < -0.3 is 0 Å². The summed E-state index contributed by atoms with van der Waals surface area (Å²) in [7, 11) is 0. The van der Waals surface area contributed by atoms with Gasteiger partial charge in [0.25, 0.3) is 0 Å². The van der Waals surface area contributed by atoms with E-state index in [-0.39, 0.29) is 23.7 Å². The fourth-order valence-corrected chi connectivity index (χ4v) is 2.64. The number of hydrogen-bond acceptors (Lipinski definition) is 2. The van der Waals surface area contributed by atoms with Crippen LogP contribution >= 0.6 is 0 Å². The van der Waals surface area contributed by atoms with Crippen molar-refractivity contribution >= 4 is 11.8 Å². The summed E-state index contributed by atoms with van der Waals surface area (Å²) in [4.78, 5) is 23.4. The van der Waals surface area contributed by atoms with Crippen LogP contribution in [0.25, 0.3) is 0 Å². The number of piperidine rings is 1. The third kappa shape index (κ3) is 2.78. The summed E-state index contributed by atoms with van der Waals surface area (Å²) >= 11 is 0. The molecule has 1 N–H and O–H groups in total. The molecule has 3 nitrogen and oxygen atoms in total. The average Bonchev–Trinajstić information content (AvgIpc) is 2.33. The molecule has 96 valence electrons. The Balaban J connectivity index is 2.17. The van der Waals surface area contributed by atoms with Crippen LogP contribution in [-0.2, 0) is 16.0 Å². The Kier molecular flexibility index (Phi) is 3.80. The van der Waals surface area contributed by atoms with Crippen LogP contribution in [-0.4, -0.2) is 11.8 Å². The van der Waals surface area contributed by atoms with Crippen LogP contribution in [0.5, 0.6) is 0 Å². The van der Waals surface area contributed by atoms with Gasteiger partial charge >= 0.3 is 0 Å². The summed E-state index contributed by atoms with van der Waals surface area (Å²) < 4.78 is 0. The van der Waals surface area contributed by atoms with Crippen LogP contribution in [0, 0.1) is 17.8 Å². The summed E-state index contributed by atoms with van der Waals surface area (Å²) in [6, 6.07) is 9.98. The highest BCUT2D eigenvalue weighted by molar-refractivity contribution is 5.99. The van der Waals surface area contributed by atoms with Gasteiger partial charge in [0.05, 0.1) is 0 Å². The molecule has 1 aromatic rings. The monoisotopic (exact) mass is 245 g/mol. The highest BCUT2D eigenvalue weighted by atomic mass is 16.2. The molecular weight excluding hydrogens is 226 g/mol. The van der Waals surface area contributed by atoms with Crippen molar-refractivity contribution in [2.45, 2.75) is 26.7 Å². The topological polar surface area (TPSA) is 46.2 Å². The number of benzene rings is 1. The molecule has 2 rings (SSSR count). The van der Waals surface area contributed by atoms with Crippen molar-refractivity contribution in [3.63, 3.8) is 0 Å². The lowest BCUT2D eigenvalue weighted by molar-refractivity contribution is -0.140. The zero-order chi connectivity index (χ0) is 13.1. The molecule has 1 heterocycles. The lowest BCUT2D eigenvalue weighted by Crippen LogP contribution is -2.48. The standard InChI is InChI=1S/C15H19NO2/c1-10(2)12-9-14(17)16-15(18)13(12)8-11-6-4-3-5-7-11/h3-7,10,12-13H,8-9H2,1-2H3,(H,16,17,18). The molecule has 0 saturated carbocycles. The van der Waals surface area contributed by atoms with Crippen LogP contribution in [0.4, 0.5) is 0 Å². The molecule has 0 radical (unpaired) electrons. The van der Waals surface area contributed by atoms with Gasteiger partial charge in [-0.15, -0.1) is 0 Å². The van der Waals surface area contributed by atoms with Crippen LogP contribution < -0.4 is 5.32 Å². The molecule has 0 aromatic heterocycles. The van der Waals surface area contributed by atoms with Crippen molar-refractivity contribution in [2.75, 3.05) is 0 Å². The first kappa shape index (κ1) is 12.8. The Morgan fingerprint density at radius 3 is 2.50 bits per heavy atom. The van der Waals surface area contributed by atoms with E-state index in [0.29, 0.717) is 18.8 Å². The second kappa shape index (κ2) is 5.34. The van der Waals surface area contributed by atoms with E-state index < -0.39 is 0 Å². The van der Waals surface area contributed by atoms with Gasteiger partial charge in [0.1, 0.15) is 0 Å². The van der Waals surface area contributed by atoms with E-state index in [1.54, 1.807) is 0 Å². The number of rotatable bonds is 3. The fraction of sp³-hybridized carbons (Fsp3) is 0.467. The van der Waals surface area contributed by atoms with Crippen LogP contribution in [0.15, 0.2) is 30.3 Å². The summed E-state index contributed by atoms with van der Waals surface area (Å²) in [6.45, 7) is 4.16. The fourth-order valence-electron chi connectivity index (χ4n) is 2.64. The normalized spacial score (nSPS) is 24.2. The SMILES string of the molecule is CC(C)C1CC(=O)NC(=O)C1Cc1ccccc1. The summed E-state index contributed by atoms with van der Waals surface area (Å²) in [6.07, 6.45) is 1.17. The molecule has 3 heteroatoms. The molecule has 0 spiro atoms. The van der Waals surface area contributed by atoms with E-state index >= 15 is 0 Å². The van der Waals surface area contributed by atoms with Gasteiger partial charge in [-0.1, -0.05) is 44.2 Å². The maximum absolute atomic E-state index is 12.0. The van der Waals surface area contributed by atoms with Crippen molar-refractivity contribution in [3.8, 4) is 0 Å². The number of hydrogen-bond donors (Lipinski definition) is 1. The van der Waals surface area contributed by atoms with Gasteiger partial charge in [-0.3, -0.25) is 14.9 Å². The second-order valence-corrected chi connectivity index (χ2v) is 5.32. The summed E-state index contributed by atoms with van der Waals surface area (Å²) in [5.41, 5.74) is 1.15. The molecule has 1 saturated heterocycles. The maximum atomic E-state index is 12.0. The van der Waals surface area contributed by atoms with Crippen molar-refractivity contribution in [3.05, 3.63) is 35.9 Å². The maximum Gasteiger partial charge on any atom is 0.230 e. The number of carbonyl (C=O) groups is 2. The minimum atomic E-state index is -0.136. The van der Waals surface area contributed by atoms with Gasteiger partial charge in [0, 0.05) is 12.3 Å². The largest absolute Gasteiger partial charge is 0.296 e. The molecule has 1 aliphatic rings. The van der Waals surface area contributed by atoms with Gasteiger partial charge in [0.15, 0.2) is 0 Å². The average molecular weight is 245 g/mol. The highest BCUT2D eigenvalue weighted by Crippen LogP contribution is 2.30. The first-order valence-electron chi connectivity index (χ1n) is 6.45. The number of imide groups is 1. The van der Waals surface area contributed by atoms with Gasteiger partial charge in [-0.05, 0) is 23.8 Å². The van der Waals surface area contributed by atoms with Crippen LogP contribution in [0.2, 0.25) is 0 Å². The molecule has 2 unspecified atom stereocenters. The zero-order valence-corrected chi connectivity index (χ0v) is 10.8. The molecule has 2 amide bonds. The molecule has 0 bridgehead atoms. The van der Waals surface area contributed by atoms with Crippen molar-refractivity contribution in [1.82, 2.24) is 5.32 Å². The van der Waals surface area contributed by atoms with E-state index in [1.807, 2.05) is 30.3 Å². The smallest absolute Gasteiger partial charge is 0.230 e. The number of amides is 2. The third-order valence-electron chi connectivity index (χ3n) is 3.69. The Labute approximate surface area is 108 Å². The van der Waals surface area contributed by atoms with E-state index in [0.717, 1.165) is 5.56 Å². The van der Waals surface area contributed by atoms with Crippen molar-refractivity contribution in [1.29, 1.82) is 0 Å². The molecule has 1 aliphatic heterocycles. The molecular formula is C15H19NO2. The Hall–Kier alpha value is -1.64. The summed E-state index contributed by atoms with van der Waals surface area (Å²) in [5, 5.41) is 2.46. The lowest BCUT2D eigenvalue weighted by Gasteiger charge is -2.32. The van der Waals surface area contributed by atoms with Gasteiger partial charge in [-0.2, -0.15) is 0 Å². The Morgan fingerprint density at radius 2 is 1.89 bits per heavy atom. The van der Waals surface area contributed by atoms with Gasteiger partial charge in [-0.25, -0.2) is 0 Å². The van der Waals surface area contributed by atoms with Crippen LogP contribution in [0.3, 0.4) is 0 Å². The number of nitrogens with one attached hydrogen (secondary N) is 1. The lowest BCUT2D eigenvalue weighted by atomic mass is 9.75. The molecule has 1 aromatic carbocycles. The van der Waals surface area contributed by atoms with Crippen LogP contribution in [0.1, 0.15) is 25.8 Å². The third-order valence-corrected chi connectivity index (χ3v) is 3.69. The highest BCUT2D eigenvalue weighted by Gasteiger charge is 2.37.